The highest BCUT2D eigenvalue weighted by Crippen LogP contribution is 2.30. The molecule has 0 N–H and O–H groups in total. The molecule has 4 rings (SSSR count). The molecule has 2 aliphatic rings. The highest BCUT2D eigenvalue weighted by molar-refractivity contribution is 8.00. The van der Waals surface area contributed by atoms with Crippen LogP contribution < -0.4 is 0 Å². The summed E-state index contributed by atoms with van der Waals surface area (Å²) in [5.74, 6) is 0.0857. The largest absolute Gasteiger partial charge is 0.379 e. The highest BCUT2D eigenvalue weighted by Gasteiger charge is 2.27. The Labute approximate surface area is 199 Å². The van der Waals surface area contributed by atoms with Crippen molar-refractivity contribution in [3.8, 4) is 0 Å². The molecule has 0 saturated carbocycles. The molecular weight excluding hydrogens is 464 g/mol. The van der Waals surface area contributed by atoms with Crippen molar-refractivity contribution >= 4 is 38.6 Å². The third kappa shape index (κ3) is 5.77. The normalized spacial score (nSPS) is 19.7. The van der Waals surface area contributed by atoms with Crippen molar-refractivity contribution < 1.29 is 22.7 Å². The molecule has 0 aliphatic carbocycles. The standard InChI is InChI=1S/C22H32N4O5S2/c1-17(27)18(2)32-22-23-20-16-19(33(28,29)25-10-14-31-15-11-25)4-5-21(20)26(22)7-3-6-24-8-12-30-13-9-24/h4-5,16,18H,3,6-15H2,1-2H3. The van der Waals surface area contributed by atoms with Crippen LogP contribution in [0.4, 0.5) is 0 Å². The molecule has 2 saturated heterocycles. The summed E-state index contributed by atoms with van der Waals surface area (Å²) in [5.41, 5.74) is 1.52. The second-order valence-corrected chi connectivity index (χ2v) is 11.6. The number of benzene rings is 1. The lowest BCUT2D eigenvalue weighted by Crippen LogP contribution is -2.40. The number of morpholine rings is 2. The topological polar surface area (TPSA) is 94.0 Å². The minimum absolute atomic E-state index is 0.0857. The maximum Gasteiger partial charge on any atom is 0.243 e. The quantitative estimate of drug-likeness (QED) is 0.486. The van der Waals surface area contributed by atoms with E-state index in [-0.39, 0.29) is 15.9 Å². The summed E-state index contributed by atoms with van der Waals surface area (Å²) < 4.78 is 40.5. The van der Waals surface area contributed by atoms with Gasteiger partial charge in [0, 0.05) is 39.3 Å². The second-order valence-electron chi connectivity index (χ2n) is 8.39. The van der Waals surface area contributed by atoms with Crippen LogP contribution in [-0.2, 0) is 30.8 Å². The van der Waals surface area contributed by atoms with E-state index in [0.717, 1.165) is 56.5 Å². The first kappa shape index (κ1) is 24.6. The number of carbonyl (C=O) groups is 1. The monoisotopic (exact) mass is 496 g/mol. The first-order valence-corrected chi connectivity index (χ1v) is 13.7. The van der Waals surface area contributed by atoms with Crippen LogP contribution in [0.15, 0.2) is 28.3 Å². The van der Waals surface area contributed by atoms with Gasteiger partial charge in [-0.15, -0.1) is 0 Å². The van der Waals surface area contributed by atoms with Crippen molar-refractivity contribution in [2.24, 2.45) is 0 Å². The number of carbonyl (C=O) groups excluding carboxylic acids is 1. The summed E-state index contributed by atoms with van der Waals surface area (Å²) in [4.78, 5) is 19.3. The van der Waals surface area contributed by atoms with Crippen LogP contribution in [0.5, 0.6) is 0 Å². The first-order chi connectivity index (χ1) is 15.9. The molecule has 33 heavy (non-hydrogen) atoms. The number of rotatable bonds is 9. The molecular formula is C22H32N4O5S2. The number of hydrogen-bond donors (Lipinski definition) is 0. The number of Topliss-reactive ketones (excluding diaryl/α,β-unsaturated/α-hetero) is 1. The number of fused-ring (bicyclic) bond motifs is 1. The number of aromatic nitrogens is 2. The number of sulfonamides is 1. The highest BCUT2D eigenvalue weighted by atomic mass is 32.2. The van der Waals surface area contributed by atoms with Crippen molar-refractivity contribution in [1.82, 2.24) is 18.8 Å². The van der Waals surface area contributed by atoms with Gasteiger partial charge in [-0.3, -0.25) is 9.69 Å². The molecule has 11 heteroatoms. The average Bonchev–Trinajstić information content (AvgIpc) is 3.16. The fourth-order valence-electron chi connectivity index (χ4n) is 4.01. The number of thioether (sulfide) groups is 1. The van der Waals surface area contributed by atoms with Crippen molar-refractivity contribution in [3.05, 3.63) is 18.2 Å². The Morgan fingerprint density at radius 1 is 1.09 bits per heavy atom. The molecule has 3 heterocycles. The predicted molar refractivity (Wildman–Crippen MR) is 127 cm³/mol. The van der Waals surface area contributed by atoms with Gasteiger partial charge in [0.2, 0.25) is 10.0 Å². The maximum absolute atomic E-state index is 13.1. The van der Waals surface area contributed by atoms with Crippen LogP contribution in [0.25, 0.3) is 11.0 Å². The van der Waals surface area contributed by atoms with Gasteiger partial charge in [-0.05, 0) is 38.5 Å². The number of nitrogens with zero attached hydrogens (tertiary/aromatic N) is 4. The van der Waals surface area contributed by atoms with E-state index in [4.69, 9.17) is 14.5 Å². The lowest BCUT2D eigenvalue weighted by Gasteiger charge is -2.26. The summed E-state index contributed by atoms with van der Waals surface area (Å²) in [5, 5.41) is 0.520. The van der Waals surface area contributed by atoms with Crippen LogP contribution >= 0.6 is 11.8 Å². The molecule has 1 aromatic carbocycles. The second kappa shape index (κ2) is 10.8. The van der Waals surface area contributed by atoms with Crippen molar-refractivity contribution in [1.29, 1.82) is 0 Å². The molecule has 1 aromatic heterocycles. The Bertz CT molecular complexity index is 1080. The van der Waals surface area contributed by atoms with Gasteiger partial charge in [-0.2, -0.15) is 4.31 Å². The van der Waals surface area contributed by atoms with Gasteiger partial charge in [-0.25, -0.2) is 13.4 Å². The maximum atomic E-state index is 13.1. The molecule has 0 bridgehead atoms. The summed E-state index contributed by atoms with van der Waals surface area (Å²) in [6, 6.07) is 5.16. The zero-order valence-corrected chi connectivity index (χ0v) is 20.9. The van der Waals surface area contributed by atoms with Crippen molar-refractivity contribution in [2.45, 2.75) is 42.1 Å². The van der Waals surface area contributed by atoms with Crippen LogP contribution in [0.3, 0.4) is 0 Å². The van der Waals surface area contributed by atoms with E-state index in [0.29, 0.717) is 31.8 Å². The Kier molecular flexibility index (Phi) is 8.08. The molecule has 2 fully saturated rings. The van der Waals surface area contributed by atoms with E-state index in [9.17, 15) is 13.2 Å². The Morgan fingerprint density at radius 2 is 1.76 bits per heavy atom. The van der Waals surface area contributed by atoms with Crippen LogP contribution in [0, 0.1) is 0 Å². The Balaban J connectivity index is 1.60. The Hall–Kier alpha value is -1.50. The molecule has 2 aliphatic heterocycles. The van der Waals surface area contributed by atoms with Crippen molar-refractivity contribution in [2.75, 3.05) is 59.2 Å². The lowest BCUT2D eigenvalue weighted by molar-refractivity contribution is -0.116. The summed E-state index contributed by atoms with van der Waals surface area (Å²) in [7, 11) is -3.60. The molecule has 2 aromatic rings. The van der Waals surface area contributed by atoms with Gasteiger partial charge in [0.25, 0.3) is 0 Å². The predicted octanol–water partition coefficient (Wildman–Crippen LogP) is 1.85. The van der Waals surface area contributed by atoms with Gasteiger partial charge < -0.3 is 14.0 Å². The zero-order valence-electron chi connectivity index (χ0n) is 19.2. The molecule has 182 valence electrons. The molecule has 1 atom stereocenters. The number of imidazole rings is 1. The summed E-state index contributed by atoms with van der Waals surface area (Å²) in [6.07, 6.45) is 0.932. The smallest absolute Gasteiger partial charge is 0.243 e. The molecule has 0 amide bonds. The number of ether oxygens (including phenoxy) is 2. The lowest BCUT2D eigenvalue weighted by atomic mass is 10.3. The summed E-state index contributed by atoms with van der Waals surface area (Å²) >= 11 is 1.42. The van der Waals surface area contributed by atoms with Crippen LogP contribution in [0.2, 0.25) is 0 Å². The van der Waals surface area contributed by atoms with Gasteiger partial charge in [0.05, 0.1) is 47.6 Å². The van der Waals surface area contributed by atoms with E-state index < -0.39 is 10.0 Å². The van der Waals surface area contributed by atoms with E-state index in [2.05, 4.69) is 9.47 Å². The zero-order chi connectivity index (χ0) is 23.4. The third-order valence-electron chi connectivity index (χ3n) is 6.11. The molecule has 9 nitrogen and oxygen atoms in total. The van der Waals surface area contributed by atoms with Crippen LogP contribution in [-0.4, -0.2) is 97.4 Å². The van der Waals surface area contributed by atoms with Gasteiger partial charge in [0.1, 0.15) is 5.78 Å². The third-order valence-corrected chi connectivity index (χ3v) is 9.21. The molecule has 0 spiro atoms. The SMILES string of the molecule is CC(=O)C(C)Sc1nc2cc(S(=O)(=O)N3CCOCC3)ccc2n1CCCN1CCOCC1. The minimum Gasteiger partial charge on any atom is -0.379 e. The molecule has 1 unspecified atom stereocenters. The van der Waals surface area contributed by atoms with Gasteiger partial charge in [0.15, 0.2) is 5.16 Å². The van der Waals surface area contributed by atoms with Crippen molar-refractivity contribution in [3.63, 3.8) is 0 Å². The first-order valence-electron chi connectivity index (χ1n) is 11.4. The fourth-order valence-corrected chi connectivity index (χ4v) is 6.39. The summed E-state index contributed by atoms with van der Waals surface area (Å²) in [6.45, 7) is 10.1. The van der Waals surface area contributed by atoms with Gasteiger partial charge in [-0.1, -0.05) is 11.8 Å². The minimum atomic E-state index is -3.60. The van der Waals surface area contributed by atoms with E-state index in [1.54, 1.807) is 19.1 Å². The van der Waals surface area contributed by atoms with E-state index in [1.165, 1.54) is 16.1 Å². The number of aryl methyl sites for hydroxylation is 1. The van der Waals surface area contributed by atoms with E-state index >= 15 is 0 Å². The number of ketones is 1. The van der Waals surface area contributed by atoms with E-state index in [1.807, 2.05) is 13.0 Å². The Morgan fingerprint density at radius 3 is 2.42 bits per heavy atom. The van der Waals surface area contributed by atoms with Gasteiger partial charge >= 0.3 is 0 Å². The fraction of sp³-hybridized carbons (Fsp3) is 0.636. The number of hydrogen-bond acceptors (Lipinski definition) is 8. The average molecular weight is 497 g/mol. The van der Waals surface area contributed by atoms with Crippen LogP contribution in [0.1, 0.15) is 20.3 Å². The molecule has 0 radical (unpaired) electrons.